The lowest BCUT2D eigenvalue weighted by Crippen LogP contribution is -2.56. The number of hydrogen-bond donors (Lipinski definition) is 2. The van der Waals surface area contributed by atoms with Gasteiger partial charge in [0.2, 0.25) is 17.7 Å². The summed E-state index contributed by atoms with van der Waals surface area (Å²) in [5, 5.41) is 6.24. The molecule has 5 atom stereocenters. The molecule has 32 heavy (non-hydrogen) atoms. The van der Waals surface area contributed by atoms with Gasteiger partial charge in [-0.25, -0.2) is 0 Å². The number of carbonyl (C=O) groups is 3. The molecule has 2 saturated heterocycles. The normalized spacial score (nSPS) is 35.4. The molecule has 3 amide bonds. The van der Waals surface area contributed by atoms with E-state index < -0.39 is 29.6 Å². The molecule has 2 aliphatic carbocycles. The lowest BCUT2D eigenvalue weighted by molar-refractivity contribution is -0.132. The zero-order valence-corrected chi connectivity index (χ0v) is 18.3. The maximum Gasteiger partial charge on any atom is 0.246 e. The average Bonchev–Trinajstić information content (AvgIpc) is 3.12. The molecule has 0 radical (unpaired) electrons. The quantitative estimate of drug-likeness (QED) is 0.693. The summed E-state index contributed by atoms with van der Waals surface area (Å²) < 4.78 is 6.37. The molecule has 7 nitrogen and oxygen atoms in total. The number of ether oxygens (including phenoxy) is 1. The molecule has 2 saturated carbocycles. The van der Waals surface area contributed by atoms with Gasteiger partial charge in [0.05, 0.1) is 17.9 Å². The van der Waals surface area contributed by atoms with E-state index in [-0.39, 0.29) is 29.8 Å². The van der Waals surface area contributed by atoms with Crippen LogP contribution in [0.15, 0.2) is 36.4 Å². The minimum absolute atomic E-state index is 0.129. The fourth-order valence-electron chi connectivity index (χ4n) is 6.10. The van der Waals surface area contributed by atoms with Crippen LogP contribution in [0.4, 0.5) is 5.69 Å². The minimum atomic E-state index is -1.11. The highest BCUT2D eigenvalue weighted by Crippen LogP contribution is 2.56. The third kappa shape index (κ3) is 2.94. The Hall–Kier alpha value is -2.67. The number of nitrogens with zero attached hydrogens (tertiary/aromatic N) is 1. The van der Waals surface area contributed by atoms with Crippen LogP contribution in [0.25, 0.3) is 0 Å². The molecule has 0 aromatic heterocycles. The smallest absolute Gasteiger partial charge is 0.246 e. The zero-order chi connectivity index (χ0) is 22.0. The number of rotatable bonds is 5. The summed E-state index contributed by atoms with van der Waals surface area (Å²) in [5.41, 5.74) is 0.565. The average molecular weight is 436 g/mol. The van der Waals surface area contributed by atoms with E-state index in [0.29, 0.717) is 5.69 Å². The van der Waals surface area contributed by atoms with E-state index >= 15 is 0 Å². The van der Waals surface area contributed by atoms with E-state index in [1.807, 2.05) is 43.3 Å². The first kappa shape index (κ1) is 20.0. The first-order valence-corrected chi connectivity index (χ1v) is 11.9. The third-order valence-corrected chi connectivity index (χ3v) is 7.73. The van der Waals surface area contributed by atoms with Gasteiger partial charge in [-0.15, -0.1) is 0 Å². The Morgan fingerprint density at radius 1 is 1.06 bits per heavy atom. The fourth-order valence-corrected chi connectivity index (χ4v) is 6.10. The van der Waals surface area contributed by atoms with Crippen LogP contribution in [-0.4, -0.2) is 47.6 Å². The van der Waals surface area contributed by atoms with Crippen LogP contribution in [0.3, 0.4) is 0 Å². The van der Waals surface area contributed by atoms with E-state index in [1.165, 1.54) is 0 Å². The van der Waals surface area contributed by atoms with Crippen molar-refractivity contribution in [3.8, 4) is 0 Å². The number of carbonyl (C=O) groups excluding carboxylic acids is 3. The Labute approximate surface area is 187 Å². The second kappa shape index (κ2) is 7.17. The van der Waals surface area contributed by atoms with Crippen molar-refractivity contribution in [2.24, 2.45) is 11.8 Å². The maximum atomic E-state index is 13.9. The molecule has 1 aromatic rings. The minimum Gasteiger partial charge on any atom is -0.359 e. The Bertz CT molecular complexity index is 1010. The highest BCUT2D eigenvalue weighted by Gasteiger charge is 2.73. The maximum absolute atomic E-state index is 13.9. The molecule has 3 aliphatic heterocycles. The van der Waals surface area contributed by atoms with Gasteiger partial charge in [-0.3, -0.25) is 19.3 Å². The second-order valence-electron chi connectivity index (χ2n) is 10.0. The summed E-state index contributed by atoms with van der Waals surface area (Å²) in [4.78, 5) is 42.3. The van der Waals surface area contributed by atoms with E-state index in [9.17, 15) is 14.4 Å². The Morgan fingerprint density at radius 3 is 2.50 bits per heavy atom. The van der Waals surface area contributed by atoms with Gasteiger partial charge in [-0.1, -0.05) is 37.1 Å². The van der Waals surface area contributed by atoms with Gasteiger partial charge in [0.15, 0.2) is 0 Å². The largest absolute Gasteiger partial charge is 0.359 e. The van der Waals surface area contributed by atoms with Gasteiger partial charge < -0.3 is 15.4 Å². The Balaban J connectivity index is 1.40. The second-order valence-corrected chi connectivity index (χ2v) is 10.0. The molecule has 0 unspecified atom stereocenters. The van der Waals surface area contributed by atoms with Crippen molar-refractivity contribution in [3.63, 3.8) is 0 Å². The standard InChI is InChI=1S/C25H29N3O4/c1-14-5-4-8-17(13-14)28-21(23(30)27-15-6-2-3-7-15)25-12-11-18(32-25)19(20(25)24(28)31)22(29)26-16-9-10-16/h4-5,8,11-13,15-16,18-21H,2-3,6-7,9-10H2,1H3,(H,26,29)(H,27,30)/t18-,19-,20+,21-,25+/m1/s1. The number of nitrogens with one attached hydrogen (secondary N) is 2. The third-order valence-electron chi connectivity index (χ3n) is 7.73. The summed E-state index contributed by atoms with van der Waals surface area (Å²) in [6, 6.07) is 7.12. The Morgan fingerprint density at radius 2 is 1.78 bits per heavy atom. The molecule has 1 spiro atoms. The van der Waals surface area contributed by atoms with Gasteiger partial charge in [-0.05, 0) is 50.3 Å². The summed E-state index contributed by atoms with van der Waals surface area (Å²) >= 11 is 0. The van der Waals surface area contributed by atoms with Crippen LogP contribution >= 0.6 is 0 Å². The molecular weight excluding hydrogens is 406 g/mol. The van der Waals surface area contributed by atoms with Gasteiger partial charge >= 0.3 is 0 Å². The van der Waals surface area contributed by atoms with Gasteiger partial charge in [-0.2, -0.15) is 0 Å². The van der Waals surface area contributed by atoms with E-state index in [0.717, 1.165) is 44.1 Å². The number of hydrogen-bond acceptors (Lipinski definition) is 4. The van der Waals surface area contributed by atoms with Crippen LogP contribution < -0.4 is 15.5 Å². The number of aryl methyl sites for hydroxylation is 1. The van der Waals surface area contributed by atoms with E-state index in [2.05, 4.69) is 10.6 Å². The summed E-state index contributed by atoms with van der Waals surface area (Å²) in [6.45, 7) is 1.96. The predicted molar refractivity (Wildman–Crippen MR) is 118 cm³/mol. The Kier molecular flexibility index (Phi) is 4.47. The highest BCUT2D eigenvalue weighted by molar-refractivity contribution is 6.10. The molecule has 5 aliphatic rings. The lowest BCUT2D eigenvalue weighted by Gasteiger charge is -2.33. The summed E-state index contributed by atoms with van der Waals surface area (Å²) in [5.74, 6) is -1.84. The molecule has 3 heterocycles. The fraction of sp³-hybridized carbons (Fsp3) is 0.560. The molecular formula is C25H29N3O4. The molecule has 4 fully saturated rings. The van der Waals surface area contributed by atoms with Crippen LogP contribution in [0.5, 0.6) is 0 Å². The van der Waals surface area contributed by atoms with Crippen molar-refractivity contribution in [2.75, 3.05) is 4.90 Å². The van der Waals surface area contributed by atoms with Gasteiger partial charge in [0.1, 0.15) is 11.6 Å². The van der Waals surface area contributed by atoms with Crippen molar-refractivity contribution in [2.45, 2.75) is 75.3 Å². The van der Waals surface area contributed by atoms with Crippen LogP contribution in [0.1, 0.15) is 44.1 Å². The summed E-state index contributed by atoms with van der Waals surface area (Å²) in [7, 11) is 0. The molecule has 6 rings (SSSR count). The predicted octanol–water partition coefficient (Wildman–Crippen LogP) is 1.99. The van der Waals surface area contributed by atoms with Crippen molar-refractivity contribution >= 4 is 23.4 Å². The van der Waals surface area contributed by atoms with E-state index in [4.69, 9.17) is 4.74 Å². The van der Waals surface area contributed by atoms with Crippen molar-refractivity contribution in [1.82, 2.24) is 10.6 Å². The topological polar surface area (TPSA) is 87.7 Å². The zero-order valence-electron chi connectivity index (χ0n) is 18.3. The molecule has 2 N–H and O–H groups in total. The summed E-state index contributed by atoms with van der Waals surface area (Å²) in [6.07, 6.45) is 9.35. The van der Waals surface area contributed by atoms with Crippen molar-refractivity contribution in [1.29, 1.82) is 0 Å². The van der Waals surface area contributed by atoms with E-state index in [1.54, 1.807) is 4.90 Å². The highest BCUT2D eigenvalue weighted by atomic mass is 16.5. The molecule has 168 valence electrons. The number of anilines is 1. The SMILES string of the molecule is Cc1cccc(N2C(=O)[C@@H]3[C@H](C(=O)NC4CC4)[C@H]4C=C[C@@]3(O4)[C@H]2C(=O)NC2CCCC2)c1. The first-order chi connectivity index (χ1) is 15.5. The lowest BCUT2D eigenvalue weighted by atomic mass is 9.74. The molecule has 1 aromatic carbocycles. The molecule has 2 bridgehead atoms. The number of fused-ring (bicyclic) bond motifs is 1. The molecule has 7 heteroatoms. The first-order valence-electron chi connectivity index (χ1n) is 11.9. The van der Waals surface area contributed by atoms with Crippen LogP contribution in [0.2, 0.25) is 0 Å². The van der Waals surface area contributed by atoms with Crippen molar-refractivity contribution in [3.05, 3.63) is 42.0 Å². The van der Waals surface area contributed by atoms with Crippen molar-refractivity contribution < 1.29 is 19.1 Å². The number of benzene rings is 1. The number of amides is 3. The van der Waals surface area contributed by atoms with Crippen LogP contribution in [0, 0.1) is 18.8 Å². The van der Waals surface area contributed by atoms with Gasteiger partial charge in [0.25, 0.3) is 0 Å². The van der Waals surface area contributed by atoms with Gasteiger partial charge in [0, 0.05) is 17.8 Å². The monoisotopic (exact) mass is 435 g/mol. The van der Waals surface area contributed by atoms with Crippen LogP contribution in [-0.2, 0) is 19.1 Å².